The number of methoxy groups -OCH3 is 2. The highest BCUT2D eigenvalue weighted by molar-refractivity contribution is 7.38. The van der Waals surface area contributed by atoms with Gasteiger partial charge in [-0.05, 0) is 12.8 Å². The standard InChI is InChI=1S/C13H29N3.C6H15O4P/c1-2-3-4-5-6-7-8-9-10-11-12-16-13(14)15;1-4-6(9-2,10-3)5-11(7)8/h2-12H2,1H3,(H4,14,15,16);11H,4-5H2,1-3H3,(H,7,8). The summed E-state index contributed by atoms with van der Waals surface area (Å²) >= 11 is 0. The molecule has 0 rings (SSSR count). The lowest BCUT2D eigenvalue weighted by atomic mass is 10.1. The largest absolute Gasteiger partial charge is 0.370 e. The zero-order valence-corrected chi connectivity index (χ0v) is 18.9. The monoisotopic (exact) mass is 409 g/mol. The smallest absolute Gasteiger partial charge is 0.194 e. The maximum atomic E-state index is 10.5. The van der Waals surface area contributed by atoms with E-state index >= 15 is 0 Å². The third-order valence-electron chi connectivity index (χ3n) is 4.55. The Balaban J connectivity index is 0. The second-order valence-electron chi connectivity index (χ2n) is 6.77. The zero-order valence-electron chi connectivity index (χ0n) is 17.9. The highest BCUT2D eigenvalue weighted by Gasteiger charge is 2.28. The molecule has 1 atom stereocenters. The van der Waals surface area contributed by atoms with Crippen molar-refractivity contribution in [2.75, 3.05) is 26.9 Å². The number of unbranched alkanes of at least 4 members (excludes halogenated alkanes) is 9. The van der Waals surface area contributed by atoms with E-state index in [0.717, 1.165) is 13.0 Å². The van der Waals surface area contributed by atoms with Crippen LogP contribution in [0.3, 0.4) is 0 Å². The fourth-order valence-corrected chi connectivity index (χ4v) is 3.71. The summed E-state index contributed by atoms with van der Waals surface area (Å²) in [6.07, 6.45) is 14.1. The number of hydrogen-bond donors (Lipinski definition) is 4. The second-order valence-corrected chi connectivity index (χ2v) is 7.91. The third-order valence-corrected chi connectivity index (χ3v) is 5.39. The fraction of sp³-hybridized carbons (Fsp3) is 0.947. The van der Waals surface area contributed by atoms with Gasteiger partial charge in [0.2, 0.25) is 0 Å². The van der Waals surface area contributed by atoms with Crippen LogP contribution in [-0.2, 0) is 14.0 Å². The summed E-state index contributed by atoms with van der Waals surface area (Å²) in [5.74, 6) is -0.777. The highest BCUT2D eigenvalue weighted by atomic mass is 31.1. The first-order valence-electron chi connectivity index (χ1n) is 10.3. The van der Waals surface area contributed by atoms with Gasteiger partial charge in [0.25, 0.3) is 0 Å². The van der Waals surface area contributed by atoms with Crippen molar-refractivity contribution >= 4 is 14.0 Å². The van der Waals surface area contributed by atoms with Crippen LogP contribution in [0, 0.1) is 5.41 Å². The Morgan fingerprint density at radius 3 is 1.74 bits per heavy atom. The van der Waals surface area contributed by atoms with Gasteiger partial charge >= 0.3 is 0 Å². The van der Waals surface area contributed by atoms with Crippen LogP contribution in [0.4, 0.5) is 0 Å². The molecule has 0 bridgehead atoms. The molecular formula is C19H44N3O4P. The predicted molar refractivity (Wildman–Crippen MR) is 115 cm³/mol. The summed E-state index contributed by atoms with van der Waals surface area (Å²) < 4.78 is 20.5. The second kappa shape index (κ2) is 20.1. The van der Waals surface area contributed by atoms with E-state index in [0.29, 0.717) is 6.42 Å². The molecule has 0 aromatic heterocycles. The molecule has 7 nitrogen and oxygen atoms in total. The van der Waals surface area contributed by atoms with Gasteiger partial charge in [0.15, 0.2) is 19.8 Å². The number of hydrogen-bond acceptors (Lipinski definition) is 4. The van der Waals surface area contributed by atoms with Gasteiger partial charge in [-0.15, -0.1) is 0 Å². The SMILES string of the molecule is CCC(C[PH](=O)O)(OC)OC.CCCCCCCCCCCCNC(=N)N. The molecule has 27 heavy (non-hydrogen) atoms. The number of ether oxygens (including phenoxy) is 2. The van der Waals surface area contributed by atoms with Crippen LogP contribution >= 0.6 is 8.03 Å². The van der Waals surface area contributed by atoms with Crippen LogP contribution in [0.15, 0.2) is 0 Å². The first-order valence-corrected chi connectivity index (χ1v) is 11.8. The van der Waals surface area contributed by atoms with Crippen LogP contribution in [0.2, 0.25) is 0 Å². The molecule has 0 aliphatic rings. The maximum Gasteiger partial charge on any atom is 0.194 e. The topological polar surface area (TPSA) is 118 Å². The third kappa shape index (κ3) is 19.9. The summed E-state index contributed by atoms with van der Waals surface area (Å²) in [4.78, 5) is 8.67. The van der Waals surface area contributed by atoms with Crippen molar-refractivity contribution in [1.82, 2.24) is 5.32 Å². The minimum absolute atomic E-state index is 0.0567. The van der Waals surface area contributed by atoms with Crippen LogP contribution in [0.25, 0.3) is 0 Å². The van der Waals surface area contributed by atoms with Gasteiger partial charge < -0.3 is 25.4 Å². The molecule has 164 valence electrons. The van der Waals surface area contributed by atoms with Gasteiger partial charge in [0, 0.05) is 20.8 Å². The molecule has 8 heteroatoms. The fourth-order valence-electron chi connectivity index (χ4n) is 2.71. The van der Waals surface area contributed by atoms with Gasteiger partial charge in [-0.3, -0.25) is 9.97 Å². The van der Waals surface area contributed by atoms with Gasteiger partial charge in [0.1, 0.15) is 0 Å². The Kier molecular flexibility index (Phi) is 21.3. The minimum Gasteiger partial charge on any atom is -0.370 e. The Labute approximate surface area is 167 Å². The number of rotatable bonds is 16. The molecule has 0 saturated carbocycles. The van der Waals surface area contributed by atoms with Crippen LogP contribution in [-0.4, -0.2) is 43.6 Å². The maximum absolute atomic E-state index is 10.5. The van der Waals surface area contributed by atoms with Crippen molar-refractivity contribution in [3.05, 3.63) is 0 Å². The van der Waals surface area contributed by atoms with Crippen molar-refractivity contribution in [2.24, 2.45) is 5.73 Å². The van der Waals surface area contributed by atoms with Gasteiger partial charge in [-0.2, -0.15) is 0 Å². The summed E-state index contributed by atoms with van der Waals surface area (Å²) in [5.41, 5.74) is 5.18. The number of guanidine groups is 1. The van der Waals surface area contributed by atoms with Crippen molar-refractivity contribution in [3.63, 3.8) is 0 Å². The molecule has 0 saturated heterocycles. The quantitative estimate of drug-likeness (QED) is 0.0995. The van der Waals surface area contributed by atoms with Gasteiger partial charge in [-0.1, -0.05) is 71.6 Å². The normalized spacial score (nSPS) is 12.2. The molecule has 0 radical (unpaired) electrons. The summed E-state index contributed by atoms with van der Waals surface area (Å²) in [5, 5.41) is 9.82. The minimum atomic E-state index is -2.53. The van der Waals surface area contributed by atoms with E-state index in [1.54, 1.807) is 0 Å². The van der Waals surface area contributed by atoms with Gasteiger partial charge in [-0.25, -0.2) is 0 Å². The van der Waals surface area contributed by atoms with Crippen LogP contribution in [0.5, 0.6) is 0 Å². The molecule has 0 heterocycles. The number of nitrogens with one attached hydrogen (secondary N) is 2. The van der Waals surface area contributed by atoms with Crippen molar-refractivity contribution in [3.8, 4) is 0 Å². The van der Waals surface area contributed by atoms with Crippen molar-refractivity contribution in [2.45, 2.75) is 90.3 Å². The van der Waals surface area contributed by atoms with E-state index in [1.807, 2.05) is 6.92 Å². The number of nitrogens with two attached hydrogens (primary N) is 1. The molecule has 0 aromatic rings. The summed E-state index contributed by atoms with van der Waals surface area (Å²) in [6, 6.07) is 0. The average molecular weight is 410 g/mol. The Bertz CT molecular complexity index is 359. The molecular weight excluding hydrogens is 365 g/mol. The summed E-state index contributed by atoms with van der Waals surface area (Å²) in [7, 11) is 0.413. The van der Waals surface area contributed by atoms with Gasteiger partial charge in [0.05, 0.1) is 6.16 Å². The Morgan fingerprint density at radius 2 is 1.44 bits per heavy atom. The van der Waals surface area contributed by atoms with E-state index in [4.69, 9.17) is 25.5 Å². The van der Waals surface area contributed by atoms with Crippen molar-refractivity contribution < 1.29 is 18.9 Å². The van der Waals surface area contributed by atoms with E-state index in [9.17, 15) is 4.57 Å². The average Bonchev–Trinajstić information content (AvgIpc) is 2.64. The Hall–Kier alpha value is -0.620. The lowest BCUT2D eigenvalue weighted by Gasteiger charge is -2.28. The molecule has 0 spiro atoms. The molecule has 1 unspecified atom stereocenters. The Morgan fingerprint density at radius 1 is 1.00 bits per heavy atom. The lowest BCUT2D eigenvalue weighted by molar-refractivity contribution is -0.191. The van der Waals surface area contributed by atoms with E-state index in [1.165, 1.54) is 72.0 Å². The first kappa shape index (κ1) is 28.6. The summed E-state index contributed by atoms with van der Waals surface area (Å²) in [6.45, 7) is 4.96. The molecule has 5 N–H and O–H groups in total. The lowest BCUT2D eigenvalue weighted by Crippen LogP contribution is -2.35. The first-order chi connectivity index (χ1) is 12.9. The van der Waals surface area contributed by atoms with E-state index in [2.05, 4.69) is 12.2 Å². The van der Waals surface area contributed by atoms with Crippen molar-refractivity contribution in [1.29, 1.82) is 5.41 Å². The predicted octanol–water partition coefficient (Wildman–Crippen LogP) is 4.24. The van der Waals surface area contributed by atoms with Crippen LogP contribution in [0.1, 0.15) is 84.5 Å². The molecule has 0 fully saturated rings. The molecule has 0 aromatic carbocycles. The molecule has 0 amide bonds. The highest BCUT2D eigenvalue weighted by Crippen LogP contribution is 2.27. The van der Waals surface area contributed by atoms with Crippen LogP contribution < -0.4 is 11.1 Å². The zero-order chi connectivity index (χ0) is 21.0. The van der Waals surface area contributed by atoms with E-state index < -0.39 is 13.8 Å². The van der Waals surface area contributed by atoms with E-state index in [-0.39, 0.29) is 12.1 Å². The molecule has 0 aliphatic heterocycles. The molecule has 0 aliphatic carbocycles.